The second-order valence-corrected chi connectivity index (χ2v) is 6.53. The van der Waals surface area contributed by atoms with Gasteiger partial charge in [0.15, 0.2) is 0 Å². The zero-order chi connectivity index (χ0) is 16.9. The second kappa shape index (κ2) is 8.87. The molecule has 2 heterocycles. The van der Waals surface area contributed by atoms with E-state index < -0.39 is 5.25 Å². The zero-order valence-electron chi connectivity index (χ0n) is 13.7. The quantitative estimate of drug-likeness (QED) is 0.829. The number of ether oxygens (including phenoxy) is 1. The molecule has 1 aliphatic rings. The predicted octanol–water partition coefficient (Wildman–Crippen LogP) is 3.71. The minimum Gasteiger partial charge on any atom is -0.493 e. The molecule has 1 aliphatic heterocycles. The number of hydrogen-bond donors (Lipinski definition) is 1. The average molecular weight is 379 g/mol. The number of nitrogens with one attached hydrogen (secondary N) is 1. The lowest BCUT2D eigenvalue weighted by molar-refractivity contribution is -0.119. The molecule has 0 bridgehead atoms. The summed E-state index contributed by atoms with van der Waals surface area (Å²) in [7, 11) is 0. The van der Waals surface area contributed by atoms with Crippen LogP contribution < -0.4 is 10.1 Å². The Morgan fingerprint density at radius 1 is 1.16 bits per heavy atom. The average Bonchev–Trinajstić information content (AvgIpc) is 2.94. The number of imide groups is 1. The van der Waals surface area contributed by atoms with Crippen LogP contribution in [0.5, 0.6) is 5.75 Å². The highest BCUT2D eigenvalue weighted by Gasteiger charge is 2.32. The van der Waals surface area contributed by atoms with Gasteiger partial charge in [0.1, 0.15) is 11.0 Å². The number of amides is 2. The van der Waals surface area contributed by atoms with Gasteiger partial charge in [0.2, 0.25) is 5.91 Å². The Labute approximate surface area is 157 Å². The SMILES string of the molecule is CCc1ccc(CCOc2ccc(C3SC(=O)NC3=O)cc2)nc1.Cl. The van der Waals surface area contributed by atoms with Gasteiger partial charge < -0.3 is 4.74 Å². The molecule has 3 rings (SSSR count). The summed E-state index contributed by atoms with van der Waals surface area (Å²) in [5.41, 5.74) is 3.02. The molecule has 0 spiro atoms. The number of halogens is 1. The molecular formula is C18H19ClN2O3S. The first-order valence-corrected chi connectivity index (χ1v) is 8.71. The molecule has 1 aromatic carbocycles. The van der Waals surface area contributed by atoms with Gasteiger partial charge in [0, 0.05) is 18.3 Å². The molecule has 0 radical (unpaired) electrons. The molecule has 1 saturated heterocycles. The number of aryl methyl sites for hydroxylation is 1. The van der Waals surface area contributed by atoms with E-state index in [1.807, 2.05) is 36.5 Å². The van der Waals surface area contributed by atoms with Crippen molar-refractivity contribution in [2.24, 2.45) is 0 Å². The monoisotopic (exact) mass is 378 g/mol. The molecule has 1 atom stereocenters. The number of aromatic nitrogens is 1. The summed E-state index contributed by atoms with van der Waals surface area (Å²) >= 11 is 1.00. The summed E-state index contributed by atoms with van der Waals surface area (Å²) in [5, 5.41) is 1.52. The third-order valence-corrected chi connectivity index (χ3v) is 4.83. The maximum Gasteiger partial charge on any atom is 0.286 e. The van der Waals surface area contributed by atoms with Crippen LogP contribution in [0.4, 0.5) is 4.79 Å². The number of nitrogens with zero attached hydrogens (tertiary/aromatic N) is 1. The lowest BCUT2D eigenvalue weighted by Crippen LogP contribution is -2.20. The van der Waals surface area contributed by atoms with Crippen molar-refractivity contribution in [1.29, 1.82) is 0 Å². The van der Waals surface area contributed by atoms with E-state index in [9.17, 15) is 9.59 Å². The van der Waals surface area contributed by atoms with Gasteiger partial charge in [-0.25, -0.2) is 0 Å². The predicted molar refractivity (Wildman–Crippen MR) is 100 cm³/mol. The van der Waals surface area contributed by atoms with Crippen molar-refractivity contribution in [3.05, 3.63) is 59.4 Å². The first kappa shape index (κ1) is 19.3. The highest BCUT2D eigenvalue weighted by molar-refractivity contribution is 8.15. The zero-order valence-corrected chi connectivity index (χ0v) is 15.4. The fourth-order valence-electron chi connectivity index (χ4n) is 2.40. The van der Waals surface area contributed by atoms with E-state index in [0.717, 1.165) is 41.6 Å². The molecule has 7 heteroatoms. The Morgan fingerprint density at radius 2 is 1.92 bits per heavy atom. The summed E-state index contributed by atoms with van der Waals surface area (Å²) in [6, 6.07) is 11.4. The molecule has 0 saturated carbocycles. The van der Waals surface area contributed by atoms with Gasteiger partial charge in [-0.1, -0.05) is 25.1 Å². The Balaban J connectivity index is 0.00000225. The minimum absolute atomic E-state index is 0. The van der Waals surface area contributed by atoms with Crippen LogP contribution in [0.2, 0.25) is 0 Å². The number of benzene rings is 1. The van der Waals surface area contributed by atoms with Gasteiger partial charge in [0.05, 0.1) is 6.61 Å². The summed E-state index contributed by atoms with van der Waals surface area (Å²) in [5.74, 6) is 0.471. The van der Waals surface area contributed by atoms with Gasteiger partial charge in [-0.3, -0.25) is 19.9 Å². The normalized spacial score (nSPS) is 16.3. The van der Waals surface area contributed by atoms with Crippen LogP contribution in [0.25, 0.3) is 0 Å². The number of thioether (sulfide) groups is 1. The van der Waals surface area contributed by atoms with Crippen molar-refractivity contribution in [3.63, 3.8) is 0 Å². The van der Waals surface area contributed by atoms with Gasteiger partial charge in [-0.2, -0.15) is 0 Å². The largest absolute Gasteiger partial charge is 0.493 e. The number of pyridine rings is 1. The number of hydrogen-bond acceptors (Lipinski definition) is 5. The van der Waals surface area contributed by atoms with E-state index in [1.165, 1.54) is 5.56 Å². The van der Waals surface area contributed by atoms with Crippen molar-refractivity contribution >= 4 is 35.3 Å². The van der Waals surface area contributed by atoms with E-state index in [1.54, 1.807) is 0 Å². The van der Waals surface area contributed by atoms with Gasteiger partial charge in [0.25, 0.3) is 5.24 Å². The second-order valence-electron chi connectivity index (χ2n) is 5.45. The first-order chi connectivity index (χ1) is 11.7. The van der Waals surface area contributed by atoms with Crippen LogP contribution in [0, 0.1) is 0 Å². The molecule has 1 N–H and O–H groups in total. The Morgan fingerprint density at radius 3 is 2.48 bits per heavy atom. The maximum atomic E-state index is 11.7. The molecule has 1 aromatic heterocycles. The third kappa shape index (κ3) is 4.96. The standard InChI is InChI=1S/C18H18N2O3S.ClH/c1-2-12-3-6-14(19-11-12)9-10-23-15-7-4-13(5-8-15)16-17(21)20-18(22)24-16;/h3-8,11,16H,2,9-10H2,1H3,(H,20,21,22);1H. The van der Waals surface area contributed by atoms with Crippen LogP contribution >= 0.6 is 24.2 Å². The molecule has 0 aliphatic carbocycles. The van der Waals surface area contributed by atoms with Crippen molar-refractivity contribution in [1.82, 2.24) is 10.3 Å². The van der Waals surface area contributed by atoms with Crippen molar-refractivity contribution < 1.29 is 14.3 Å². The lowest BCUT2D eigenvalue weighted by atomic mass is 10.1. The van der Waals surface area contributed by atoms with Crippen LogP contribution in [-0.4, -0.2) is 22.7 Å². The highest BCUT2D eigenvalue weighted by Crippen LogP contribution is 2.34. The van der Waals surface area contributed by atoms with E-state index in [4.69, 9.17) is 4.74 Å². The van der Waals surface area contributed by atoms with Crippen LogP contribution in [-0.2, 0) is 17.6 Å². The van der Waals surface area contributed by atoms with Gasteiger partial charge in [-0.15, -0.1) is 12.4 Å². The van der Waals surface area contributed by atoms with Crippen molar-refractivity contribution in [2.45, 2.75) is 25.0 Å². The Hall–Kier alpha value is -2.05. The number of carbonyl (C=O) groups excluding carboxylic acids is 2. The topological polar surface area (TPSA) is 68.3 Å². The van der Waals surface area contributed by atoms with E-state index in [2.05, 4.69) is 23.3 Å². The van der Waals surface area contributed by atoms with Crippen LogP contribution in [0.3, 0.4) is 0 Å². The number of rotatable bonds is 6. The minimum atomic E-state index is -0.465. The maximum absolute atomic E-state index is 11.7. The fourth-order valence-corrected chi connectivity index (χ4v) is 3.23. The molecule has 2 aromatic rings. The smallest absolute Gasteiger partial charge is 0.286 e. The molecule has 5 nitrogen and oxygen atoms in total. The van der Waals surface area contributed by atoms with E-state index in [0.29, 0.717) is 6.61 Å². The summed E-state index contributed by atoms with van der Waals surface area (Å²) in [6.07, 6.45) is 3.62. The van der Waals surface area contributed by atoms with E-state index in [-0.39, 0.29) is 23.6 Å². The summed E-state index contributed by atoms with van der Waals surface area (Å²) in [6.45, 7) is 2.64. The van der Waals surface area contributed by atoms with Gasteiger partial charge in [-0.05, 0) is 47.5 Å². The van der Waals surface area contributed by atoms with Gasteiger partial charge >= 0.3 is 0 Å². The van der Waals surface area contributed by atoms with Crippen LogP contribution in [0.1, 0.15) is 29.0 Å². The van der Waals surface area contributed by atoms with Crippen molar-refractivity contribution in [3.8, 4) is 5.75 Å². The Kier molecular flexibility index (Phi) is 6.84. The van der Waals surface area contributed by atoms with E-state index >= 15 is 0 Å². The molecule has 2 amide bonds. The molecule has 132 valence electrons. The van der Waals surface area contributed by atoms with Crippen molar-refractivity contribution in [2.75, 3.05) is 6.61 Å². The molecule has 25 heavy (non-hydrogen) atoms. The molecular weight excluding hydrogens is 360 g/mol. The fraction of sp³-hybridized carbons (Fsp3) is 0.278. The number of carbonyl (C=O) groups is 2. The van der Waals surface area contributed by atoms with Crippen LogP contribution in [0.15, 0.2) is 42.6 Å². The lowest BCUT2D eigenvalue weighted by Gasteiger charge is -2.09. The third-order valence-electron chi connectivity index (χ3n) is 3.79. The molecule has 1 unspecified atom stereocenters. The summed E-state index contributed by atoms with van der Waals surface area (Å²) in [4.78, 5) is 27.3. The molecule has 1 fully saturated rings. The highest BCUT2D eigenvalue weighted by atomic mass is 35.5. The summed E-state index contributed by atoms with van der Waals surface area (Å²) < 4.78 is 5.72. The Bertz CT molecular complexity index is 735. The first-order valence-electron chi connectivity index (χ1n) is 7.83.